The number of carbonyl (C=O) groups is 4. The average Bonchev–Trinajstić information content (AvgIpc) is 3.16. The molecule has 0 bridgehead atoms. The number of phenolic OH excluding ortho intramolecular Hbond substituents is 12. The van der Waals surface area contributed by atoms with E-state index in [4.69, 9.17) is 23.7 Å². The molecule has 0 spiro atoms. The largest absolute Gasteiger partial charge is 0.504 e. The average molecular weight is 787 g/mol. The molecule has 0 amide bonds. The summed E-state index contributed by atoms with van der Waals surface area (Å²) in [5.74, 6) is -20.0. The predicted molar refractivity (Wildman–Crippen MR) is 174 cm³/mol. The van der Waals surface area contributed by atoms with Crippen LogP contribution in [0, 0.1) is 0 Å². The number of phenols is 12. The Hall–Kier alpha value is -7.72. The van der Waals surface area contributed by atoms with Crippen LogP contribution in [0.4, 0.5) is 0 Å². The molecule has 22 heteroatoms. The van der Waals surface area contributed by atoms with Crippen LogP contribution in [-0.4, -0.2) is 128 Å². The van der Waals surface area contributed by atoms with Crippen LogP contribution in [0.1, 0.15) is 41.4 Å². The number of carbonyl (C=O) groups excluding carboxylic acids is 4. The van der Waals surface area contributed by atoms with Gasteiger partial charge in [-0.2, -0.15) is 0 Å². The number of ether oxygens (including phenoxy) is 5. The van der Waals surface area contributed by atoms with Crippen LogP contribution >= 0.6 is 0 Å². The lowest BCUT2D eigenvalue weighted by atomic mass is 9.92. The first-order valence-electron chi connectivity index (χ1n) is 15.5. The van der Waals surface area contributed by atoms with Crippen molar-refractivity contribution >= 4 is 23.9 Å². The van der Waals surface area contributed by atoms with Gasteiger partial charge in [0.2, 0.25) is 17.8 Å². The fourth-order valence-electron chi connectivity index (χ4n) is 5.75. The highest BCUT2D eigenvalue weighted by Crippen LogP contribution is 2.53. The standard InChI is InChI=1S/C34H26O22/c35-12-1-8(2-13(36)21(12)41)30(48)55-29-27(47)34(56-31(49)9-3-14(37)22(42)15(38)4-9)53-18-7-52-32(50)10-5-16(39)23(43)25(45)19(10)20-11(33(51)54-28(18)29)6-17(40)24(44)26(20)46/h1-6,18,27-29,34-47H,7H2/t18?,27?,28-,29-,34+/m1/s1. The van der Waals surface area contributed by atoms with Gasteiger partial charge in [0, 0.05) is 11.1 Å². The Labute approximate surface area is 309 Å². The van der Waals surface area contributed by atoms with Crippen LogP contribution < -0.4 is 0 Å². The van der Waals surface area contributed by atoms with E-state index >= 15 is 0 Å². The van der Waals surface area contributed by atoms with Crippen molar-refractivity contribution < 1.29 is 109 Å². The quantitative estimate of drug-likeness (QED) is 0.0768. The van der Waals surface area contributed by atoms with E-state index in [9.17, 15) is 85.6 Å². The minimum Gasteiger partial charge on any atom is -0.504 e. The topological polar surface area (TPSA) is 377 Å². The van der Waals surface area contributed by atoms with E-state index in [2.05, 4.69) is 0 Å². The van der Waals surface area contributed by atoms with Crippen molar-refractivity contribution in [2.45, 2.75) is 30.7 Å². The van der Waals surface area contributed by atoms with E-state index in [0.717, 1.165) is 0 Å². The number of benzene rings is 4. The summed E-state index contributed by atoms with van der Waals surface area (Å²) in [5.41, 5.74) is -5.21. The molecule has 294 valence electrons. The molecule has 0 aromatic heterocycles. The summed E-state index contributed by atoms with van der Waals surface area (Å²) in [6.07, 6.45) is -11.2. The summed E-state index contributed by atoms with van der Waals surface area (Å²) in [6, 6.07) is 3.47. The van der Waals surface area contributed by atoms with Gasteiger partial charge in [-0.1, -0.05) is 0 Å². The van der Waals surface area contributed by atoms with Crippen LogP contribution in [0.3, 0.4) is 0 Å². The number of esters is 4. The van der Waals surface area contributed by atoms with Gasteiger partial charge in [0.1, 0.15) is 12.7 Å². The van der Waals surface area contributed by atoms with Crippen molar-refractivity contribution in [1.29, 1.82) is 0 Å². The van der Waals surface area contributed by atoms with Crippen molar-refractivity contribution in [3.63, 3.8) is 0 Å². The highest BCUT2D eigenvalue weighted by molar-refractivity contribution is 6.08. The zero-order valence-electron chi connectivity index (χ0n) is 27.5. The van der Waals surface area contributed by atoms with Crippen molar-refractivity contribution in [3.8, 4) is 80.1 Å². The van der Waals surface area contributed by atoms with Gasteiger partial charge in [0.05, 0.1) is 22.3 Å². The molecular weight excluding hydrogens is 760 g/mol. The zero-order chi connectivity index (χ0) is 41.1. The number of aliphatic hydroxyl groups excluding tert-OH is 1. The Kier molecular flexibility index (Phi) is 9.45. The highest BCUT2D eigenvalue weighted by Gasteiger charge is 2.53. The second-order valence-corrected chi connectivity index (χ2v) is 12.0. The smallest absolute Gasteiger partial charge is 0.340 e. The number of aromatic hydroxyl groups is 12. The number of hydrogen-bond acceptors (Lipinski definition) is 22. The summed E-state index contributed by atoms with van der Waals surface area (Å²) < 4.78 is 27.0. The van der Waals surface area contributed by atoms with Crippen LogP contribution in [0.25, 0.3) is 11.1 Å². The first kappa shape index (κ1) is 38.0. The van der Waals surface area contributed by atoms with Crippen molar-refractivity contribution in [2.24, 2.45) is 0 Å². The van der Waals surface area contributed by atoms with E-state index in [-0.39, 0.29) is 0 Å². The summed E-state index contributed by atoms with van der Waals surface area (Å²) >= 11 is 0. The summed E-state index contributed by atoms with van der Waals surface area (Å²) in [7, 11) is 0. The second-order valence-electron chi connectivity index (χ2n) is 12.0. The number of rotatable bonds is 4. The van der Waals surface area contributed by atoms with Crippen LogP contribution in [0.2, 0.25) is 0 Å². The van der Waals surface area contributed by atoms with Gasteiger partial charge < -0.3 is 90.1 Å². The molecule has 0 aliphatic carbocycles. The molecule has 1 saturated heterocycles. The number of aliphatic hydroxyl groups is 1. The molecule has 2 heterocycles. The normalized spacial score (nSPS) is 20.6. The third kappa shape index (κ3) is 6.45. The minimum absolute atomic E-state index is 0.467. The Balaban J connectivity index is 1.49. The molecule has 4 aromatic carbocycles. The first-order valence-corrected chi connectivity index (χ1v) is 15.5. The summed E-state index contributed by atoms with van der Waals surface area (Å²) in [6.45, 7) is -1.12. The highest BCUT2D eigenvalue weighted by atomic mass is 16.7. The van der Waals surface area contributed by atoms with Gasteiger partial charge >= 0.3 is 23.9 Å². The number of fused-ring (bicyclic) bond motifs is 4. The van der Waals surface area contributed by atoms with E-state index in [1.54, 1.807) is 0 Å². The monoisotopic (exact) mass is 786 g/mol. The minimum atomic E-state index is -2.42. The molecule has 2 unspecified atom stereocenters. The maximum atomic E-state index is 14.0. The van der Waals surface area contributed by atoms with Crippen LogP contribution in [-0.2, 0) is 23.7 Å². The molecule has 22 nitrogen and oxygen atoms in total. The third-order valence-electron chi connectivity index (χ3n) is 8.51. The number of hydrogen-bond donors (Lipinski definition) is 13. The first-order chi connectivity index (χ1) is 26.3. The molecule has 0 saturated carbocycles. The van der Waals surface area contributed by atoms with E-state index in [0.29, 0.717) is 36.4 Å². The maximum Gasteiger partial charge on any atom is 0.340 e. The molecule has 4 aromatic rings. The van der Waals surface area contributed by atoms with E-state index < -0.39 is 164 Å². The molecule has 0 radical (unpaired) electrons. The van der Waals surface area contributed by atoms with Gasteiger partial charge in [-0.3, -0.25) is 0 Å². The van der Waals surface area contributed by atoms with Gasteiger partial charge in [0.25, 0.3) is 0 Å². The fourth-order valence-corrected chi connectivity index (χ4v) is 5.75. The molecular formula is C34H26O22. The van der Waals surface area contributed by atoms with Crippen molar-refractivity contribution in [2.75, 3.05) is 6.61 Å². The van der Waals surface area contributed by atoms with Gasteiger partial charge in [-0.25, -0.2) is 19.2 Å². The molecule has 1 fully saturated rings. The SMILES string of the molecule is O=C(O[C@@H]1OC2COC(=O)c3cc(O)c(O)c(O)c3-c3c(cc(O)c(O)c3O)C(=O)O[C@H]2[C@H](OC(=O)c2cc(O)c(O)c(O)c2)C1O)c1cc(O)c(O)c(O)c1. The summed E-state index contributed by atoms with van der Waals surface area (Å²) in [5, 5.41) is 133. The molecule has 6 rings (SSSR count). The Morgan fingerprint density at radius 2 is 0.964 bits per heavy atom. The molecule has 56 heavy (non-hydrogen) atoms. The van der Waals surface area contributed by atoms with Gasteiger partial charge in [0.15, 0.2) is 75.8 Å². The summed E-state index contributed by atoms with van der Waals surface area (Å²) in [4.78, 5) is 54.0. The van der Waals surface area contributed by atoms with E-state index in [1.807, 2.05) is 0 Å². The van der Waals surface area contributed by atoms with Crippen LogP contribution in [0.15, 0.2) is 36.4 Å². The molecule has 5 atom stereocenters. The maximum absolute atomic E-state index is 14.0. The van der Waals surface area contributed by atoms with E-state index in [1.165, 1.54) is 0 Å². The molecule has 13 N–H and O–H groups in total. The van der Waals surface area contributed by atoms with Crippen LogP contribution in [0.5, 0.6) is 69.0 Å². The fraction of sp³-hybridized carbons (Fsp3) is 0.176. The Morgan fingerprint density at radius 3 is 1.43 bits per heavy atom. The van der Waals surface area contributed by atoms with Crippen molar-refractivity contribution in [3.05, 3.63) is 58.7 Å². The predicted octanol–water partition coefficient (Wildman–Crippen LogP) is 0.685. The lowest BCUT2D eigenvalue weighted by molar-refractivity contribution is -0.283. The Bertz CT molecular complexity index is 2290. The lowest BCUT2D eigenvalue weighted by Gasteiger charge is -2.42. The molecule has 2 aliphatic heterocycles. The molecule has 2 aliphatic rings. The van der Waals surface area contributed by atoms with Gasteiger partial charge in [-0.15, -0.1) is 0 Å². The lowest BCUT2D eigenvalue weighted by Crippen LogP contribution is -2.62. The van der Waals surface area contributed by atoms with Crippen molar-refractivity contribution in [1.82, 2.24) is 0 Å². The second kappa shape index (κ2) is 13.9. The zero-order valence-corrected chi connectivity index (χ0v) is 27.5. The third-order valence-corrected chi connectivity index (χ3v) is 8.51. The van der Waals surface area contributed by atoms with Gasteiger partial charge in [-0.05, 0) is 36.4 Å². The number of cyclic esters (lactones) is 1. The Morgan fingerprint density at radius 1 is 0.554 bits per heavy atom.